The van der Waals surface area contributed by atoms with Crippen LogP contribution in [0.5, 0.6) is 0 Å². The number of carbonyl (C=O) groups is 1. The molecule has 0 aliphatic rings. The Morgan fingerprint density at radius 2 is 1.79 bits per heavy atom. The van der Waals surface area contributed by atoms with Crippen molar-refractivity contribution in [3.05, 3.63) is 83.2 Å². The number of nitrogens with zero attached hydrogens (tertiary/aromatic N) is 3. The third-order valence-corrected chi connectivity index (χ3v) is 3.95. The van der Waals surface area contributed by atoms with E-state index in [0.717, 1.165) is 16.7 Å². The van der Waals surface area contributed by atoms with Crippen molar-refractivity contribution in [2.75, 3.05) is 0 Å². The second kappa shape index (κ2) is 7.08. The molecule has 3 aromatic rings. The zero-order valence-corrected chi connectivity index (χ0v) is 13.8. The van der Waals surface area contributed by atoms with Gasteiger partial charge in [0.1, 0.15) is 0 Å². The van der Waals surface area contributed by atoms with Gasteiger partial charge in [0.25, 0.3) is 5.91 Å². The molecule has 1 heterocycles. The van der Waals surface area contributed by atoms with Crippen molar-refractivity contribution in [1.29, 1.82) is 0 Å². The zero-order chi connectivity index (χ0) is 16.9. The Hall–Kier alpha value is -2.95. The number of nitrogens with one attached hydrogen (secondary N) is 1. The van der Waals surface area contributed by atoms with E-state index in [-0.39, 0.29) is 11.9 Å². The van der Waals surface area contributed by atoms with Crippen LogP contribution in [0.2, 0.25) is 0 Å². The summed E-state index contributed by atoms with van der Waals surface area (Å²) in [6, 6.07) is 15.5. The fourth-order valence-electron chi connectivity index (χ4n) is 2.73. The van der Waals surface area contributed by atoms with Crippen LogP contribution >= 0.6 is 0 Å². The SMILES string of the molecule is Cc1ccc(C(=O)NC(Cn2nccn2)c2ccccc2)c(C)c1. The van der Waals surface area contributed by atoms with Crippen LogP contribution in [0, 0.1) is 13.8 Å². The molecule has 122 valence electrons. The number of hydrogen-bond acceptors (Lipinski definition) is 3. The minimum atomic E-state index is -0.202. The summed E-state index contributed by atoms with van der Waals surface area (Å²) >= 11 is 0. The minimum absolute atomic E-state index is 0.0893. The van der Waals surface area contributed by atoms with Gasteiger partial charge in [-0.15, -0.1) is 0 Å². The normalized spacial score (nSPS) is 11.9. The van der Waals surface area contributed by atoms with E-state index < -0.39 is 0 Å². The van der Waals surface area contributed by atoms with Gasteiger partial charge >= 0.3 is 0 Å². The van der Waals surface area contributed by atoms with Crippen LogP contribution in [0.15, 0.2) is 60.9 Å². The Labute approximate surface area is 141 Å². The lowest BCUT2D eigenvalue weighted by molar-refractivity contribution is 0.0930. The average molecular weight is 320 g/mol. The lowest BCUT2D eigenvalue weighted by Gasteiger charge is -2.19. The molecule has 0 saturated heterocycles. The van der Waals surface area contributed by atoms with Crippen LogP contribution in [0.1, 0.15) is 33.1 Å². The van der Waals surface area contributed by atoms with Gasteiger partial charge in [-0.2, -0.15) is 15.0 Å². The number of aromatic nitrogens is 3. The van der Waals surface area contributed by atoms with Gasteiger partial charge in [0.05, 0.1) is 25.0 Å². The Bertz CT molecular complexity index is 813. The van der Waals surface area contributed by atoms with Crippen LogP contribution in [0.4, 0.5) is 0 Å². The number of aryl methyl sites for hydroxylation is 2. The first-order valence-electron chi connectivity index (χ1n) is 7.90. The fourth-order valence-corrected chi connectivity index (χ4v) is 2.73. The van der Waals surface area contributed by atoms with E-state index in [0.29, 0.717) is 12.1 Å². The predicted octanol–water partition coefficient (Wildman–Crippen LogP) is 3.07. The summed E-state index contributed by atoms with van der Waals surface area (Å²) in [6.07, 6.45) is 3.27. The molecule has 5 heteroatoms. The highest BCUT2D eigenvalue weighted by Crippen LogP contribution is 2.17. The van der Waals surface area contributed by atoms with Crippen LogP contribution in [-0.2, 0) is 6.54 Å². The van der Waals surface area contributed by atoms with Crippen LogP contribution in [-0.4, -0.2) is 20.9 Å². The Morgan fingerprint density at radius 1 is 1.08 bits per heavy atom. The summed E-state index contributed by atoms with van der Waals surface area (Å²) in [5.74, 6) is -0.0893. The molecule has 1 unspecified atom stereocenters. The molecule has 1 atom stereocenters. The molecule has 24 heavy (non-hydrogen) atoms. The number of amides is 1. The first-order valence-corrected chi connectivity index (χ1v) is 7.90. The third kappa shape index (κ3) is 3.68. The van der Waals surface area contributed by atoms with Gasteiger partial charge in [0.15, 0.2) is 0 Å². The topological polar surface area (TPSA) is 59.8 Å². The number of benzene rings is 2. The number of rotatable bonds is 5. The minimum Gasteiger partial charge on any atom is -0.343 e. The average Bonchev–Trinajstić information content (AvgIpc) is 3.08. The first-order chi connectivity index (χ1) is 11.6. The molecule has 5 nitrogen and oxygen atoms in total. The highest BCUT2D eigenvalue weighted by Gasteiger charge is 2.18. The Kier molecular flexibility index (Phi) is 4.70. The quantitative estimate of drug-likeness (QED) is 0.786. The summed E-state index contributed by atoms with van der Waals surface area (Å²) in [5, 5.41) is 11.4. The Balaban J connectivity index is 1.84. The predicted molar refractivity (Wildman–Crippen MR) is 92.6 cm³/mol. The van der Waals surface area contributed by atoms with Crippen molar-refractivity contribution >= 4 is 5.91 Å². The van der Waals surface area contributed by atoms with Gasteiger partial charge in [-0.25, -0.2) is 0 Å². The lowest BCUT2D eigenvalue weighted by atomic mass is 10.0. The molecule has 0 aliphatic carbocycles. The van der Waals surface area contributed by atoms with E-state index in [1.165, 1.54) is 0 Å². The molecule has 1 amide bonds. The number of carbonyl (C=O) groups excluding carboxylic acids is 1. The molecule has 0 fully saturated rings. The maximum absolute atomic E-state index is 12.7. The van der Waals surface area contributed by atoms with Crippen molar-refractivity contribution in [2.24, 2.45) is 0 Å². The molecule has 2 aromatic carbocycles. The molecule has 1 N–H and O–H groups in total. The second-order valence-corrected chi connectivity index (χ2v) is 5.84. The van der Waals surface area contributed by atoms with Gasteiger partial charge in [-0.1, -0.05) is 48.0 Å². The monoisotopic (exact) mass is 320 g/mol. The molecule has 0 spiro atoms. The van der Waals surface area contributed by atoms with Gasteiger partial charge in [-0.3, -0.25) is 4.79 Å². The van der Waals surface area contributed by atoms with Crippen molar-refractivity contribution in [2.45, 2.75) is 26.4 Å². The largest absolute Gasteiger partial charge is 0.343 e. The summed E-state index contributed by atoms with van der Waals surface area (Å²) in [7, 11) is 0. The number of hydrogen-bond donors (Lipinski definition) is 1. The van der Waals surface area contributed by atoms with Crippen LogP contribution in [0.25, 0.3) is 0 Å². The summed E-state index contributed by atoms with van der Waals surface area (Å²) in [4.78, 5) is 14.3. The Morgan fingerprint density at radius 3 is 2.46 bits per heavy atom. The van der Waals surface area contributed by atoms with Gasteiger partial charge in [0, 0.05) is 5.56 Å². The maximum Gasteiger partial charge on any atom is 0.252 e. The molecule has 0 aliphatic heterocycles. The van der Waals surface area contributed by atoms with Crippen molar-refractivity contribution < 1.29 is 4.79 Å². The summed E-state index contributed by atoms with van der Waals surface area (Å²) in [5.41, 5.74) is 3.82. The van der Waals surface area contributed by atoms with Gasteiger partial charge < -0.3 is 5.32 Å². The van der Waals surface area contributed by atoms with E-state index in [1.54, 1.807) is 17.2 Å². The third-order valence-electron chi connectivity index (χ3n) is 3.95. The zero-order valence-electron chi connectivity index (χ0n) is 13.8. The van der Waals surface area contributed by atoms with Gasteiger partial charge in [-0.05, 0) is 31.0 Å². The molecule has 0 radical (unpaired) electrons. The molecular weight excluding hydrogens is 300 g/mol. The van der Waals surface area contributed by atoms with Crippen LogP contribution < -0.4 is 5.32 Å². The van der Waals surface area contributed by atoms with E-state index in [9.17, 15) is 4.79 Å². The molecule has 3 rings (SSSR count). The van der Waals surface area contributed by atoms with E-state index in [4.69, 9.17) is 0 Å². The standard InChI is InChI=1S/C19H20N4O/c1-14-8-9-17(15(2)12-14)19(24)22-18(13-23-20-10-11-21-23)16-6-4-3-5-7-16/h3-12,18H,13H2,1-2H3,(H,22,24). The van der Waals surface area contributed by atoms with Crippen molar-refractivity contribution in [3.8, 4) is 0 Å². The van der Waals surface area contributed by atoms with Crippen molar-refractivity contribution in [3.63, 3.8) is 0 Å². The summed E-state index contributed by atoms with van der Waals surface area (Å²) in [6.45, 7) is 4.45. The highest BCUT2D eigenvalue weighted by atomic mass is 16.1. The summed E-state index contributed by atoms with van der Waals surface area (Å²) < 4.78 is 0. The van der Waals surface area contributed by atoms with E-state index >= 15 is 0 Å². The highest BCUT2D eigenvalue weighted by molar-refractivity contribution is 5.95. The smallest absolute Gasteiger partial charge is 0.252 e. The molecule has 0 bridgehead atoms. The van der Waals surface area contributed by atoms with E-state index in [2.05, 4.69) is 15.5 Å². The molecule has 1 aromatic heterocycles. The fraction of sp³-hybridized carbons (Fsp3) is 0.211. The van der Waals surface area contributed by atoms with Crippen molar-refractivity contribution in [1.82, 2.24) is 20.3 Å². The molecular formula is C19H20N4O. The van der Waals surface area contributed by atoms with Gasteiger partial charge in [0.2, 0.25) is 0 Å². The maximum atomic E-state index is 12.7. The van der Waals surface area contributed by atoms with E-state index in [1.807, 2.05) is 62.4 Å². The second-order valence-electron chi connectivity index (χ2n) is 5.84. The molecule has 0 saturated carbocycles. The first kappa shape index (κ1) is 15.9. The van der Waals surface area contributed by atoms with Crippen LogP contribution in [0.3, 0.4) is 0 Å². The lowest BCUT2D eigenvalue weighted by Crippen LogP contribution is -2.32.